The summed E-state index contributed by atoms with van der Waals surface area (Å²) >= 11 is 6.66. The lowest BCUT2D eigenvalue weighted by Crippen LogP contribution is -2.23. The van der Waals surface area contributed by atoms with Gasteiger partial charge in [-0.15, -0.1) is 11.3 Å². The first-order valence-electron chi connectivity index (χ1n) is 5.47. The molecule has 2 rings (SSSR count). The van der Waals surface area contributed by atoms with E-state index in [-0.39, 0.29) is 16.6 Å². The highest BCUT2D eigenvalue weighted by Gasteiger charge is 2.14. The molecule has 2 aromatic rings. The number of hydrogen-bond donors (Lipinski definition) is 1. The van der Waals surface area contributed by atoms with Crippen molar-refractivity contribution in [3.05, 3.63) is 52.1 Å². The van der Waals surface area contributed by atoms with Gasteiger partial charge >= 0.3 is 0 Å². The van der Waals surface area contributed by atoms with Crippen molar-refractivity contribution in [2.45, 2.75) is 4.21 Å². The van der Waals surface area contributed by atoms with Crippen molar-refractivity contribution in [1.29, 1.82) is 0 Å². The summed E-state index contributed by atoms with van der Waals surface area (Å²) in [5.41, 5.74) is 0.616. The summed E-state index contributed by atoms with van der Waals surface area (Å²) in [4.78, 5) is 0. The van der Waals surface area contributed by atoms with Gasteiger partial charge in [-0.3, -0.25) is 0 Å². The average molecular weight is 330 g/mol. The first kappa shape index (κ1) is 15.0. The van der Waals surface area contributed by atoms with E-state index in [1.54, 1.807) is 0 Å². The zero-order valence-electron chi connectivity index (χ0n) is 10.1. The first-order chi connectivity index (χ1) is 9.47. The van der Waals surface area contributed by atoms with Crippen molar-refractivity contribution in [3.63, 3.8) is 0 Å². The summed E-state index contributed by atoms with van der Waals surface area (Å²) in [5.74, 6) is 5.06. The number of sulfonamides is 1. The Labute approximate surface area is 125 Å². The summed E-state index contributed by atoms with van der Waals surface area (Å²) in [7, 11) is -3.58. The minimum Gasteiger partial charge on any atom is -0.207 e. The topological polar surface area (TPSA) is 46.2 Å². The average Bonchev–Trinajstić information content (AvgIpc) is 2.84. The molecule has 0 unspecified atom stereocenters. The molecule has 0 saturated carbocycles. The molecule has 0 aliphatic heterocycles. The van der Waals surface area contributed by atoms with E-state index in [0.717, 1.165) is 11.3 Å². The van der Waals surface area contributed by atoms with E-state index in [4.69, 9.17) is 11.6 Å². The van der Waals surface area contributed by atoms with Crippen molar-refractivity contribution in [1.82, 2.24) is 4.72 Å². The largest absolute Gasteiger partial charge is 0.250 e. The van der Waals surface area contributed by atoms with Crippen LogP contribution in [0.2, 0.25) is 4.34 Å². The maximum absolute atomic E-state index is 12.7. The van der Waals surface area contributed by atoms with Gasteiger partial charge in [0.15, 0.2) is 0 Å². The summed E-state index contributed by atoms with van der Waals surface area (Å²) in [5, 5.41) is 0. The molecule has 0 aliphatic carbocycles. The lowest BCUT2D eigenvalue weighted by Gasteiger charge is -1.99. The molecule has 104 valence electrons. The van der Waals surface area contributed by atoms with E-state index in [9.17, 15) is 12.8 Å². The minimum atomic E-state index is -3.58. The molecule has 0 radical (unpaired) electrons. The Bertz CT molecular complexity index is 758. The molecule has 1 aromatic carbocycles. The van der Waals surface area contributed by atoms with Crippen LogP contribution in [0.3, 0.4) is 0 Å². The Morgan fingerprint density at radius 2 is 1.90 bits per heavy atom. The number of thiophene rings is 1. The van der Waals surface area contributed by atoms with Crippen LogP contribution in [0.4, 0.5) is 4.39 Å². The molecule has 1 heterocycles. The number of halogens is 2. The lowest BCUT2D eigenvalue weighted by atomic mass is 10.2. The monoisotopic (exact) mass is 329 g/mol. The molecule has 0 atom stereocenters. The molecule has 0 bridgehead atoms. The van der Waals surface area contributed by atoms with E-state index in [1.807, 2.05) is 0 Å². The Hall–Kier alpha value is -1.39. The lowest BCUT2D eigenvalue weighted by molar-refractivity contribution is 0.588. The molecule has 0 fully saturated rings. The molecule has 20 heavy (non-hydrogen) atoms. The third-order valence-electron chi connectivity index (χ3n) is 2.24. The van der Waals surface area contributed by atoms with Gasteiger partial charge in [0.1, 0.15) is 10.0 Å². The van der Waals surface area contributed by atoms with Crippen molar-refractivity contribution < 1.29 is 12.8 Å². The normalized spacial score (nSPS) is 10.9. The molecular weight excluding hydrogens is 321 g/mol. The molecule has 0 saturated heterocycles. The van der Waals surface area contributed by atoms with Crippen LogP contribution in [0.1, 0.15) is 5.56 Å². The van der Waals surface area contributed by atoms with Gasteiger partial charge in [0, 0.05) is 5.56 Å². The predicted molar refractivity (Wildman–Crippen MR) is 77.8 cm³/mol. The highest BCUT2D eigenvalue weighted by atomic mass is 35.5. The maximum Gasteiger partial charge on any atom is 0.250 e. The second kappa shape index (κ2) is 6.37. The first-order valence-corrected chi connectivity index (χ1v) is 8.14. The Morgan fingerprint density at radius 1 is 1.20 bits per heavy atom. The standard InChI is InChI=1S/C13H9ClFNO2S2/c14-12-7-8-13(19-12)20(17,18)16-9-1-2-10-3-5-11(15)6-4-10/h3-8,16H,9H2. The number of hydrogen-bond acceptors (Lipinski definition) is 3. The third kappa shape index (κ3) is 4.05. The Balaban J connectivity index is 1.98. The highest BCUT2D eigenvalue weighted by molar-refractivity contribution is 7.91. The van der Waals surface area contributed by atoms with E-state index in [0.29, 0.717) is 9.90 Å². The molecule has 1 aromatic heterocycles. The second-order valence-corrected chi connectivity index (χ2v) is 7.40. The van der Waals surface area contributed by atoms with Gasteiger partial charge in [0.05, 0.1) is 10.9 Å². The van der Waals surface area contributed by atoms with Crippen LogP contribution in [0, 0.1) is 17.7 Å². The zero-order chi connectivity index (χ0) is 14.6. The number of benzene rings is 1. The third-order valence-corrected chi connectivity index (χ3v) is 5.37. The van der Waals surface area contributed by atoms with Crippen LogP contribution < -0.4 is 4.72 Å². The predicted octanol–water partition coefficient (Wildman–Crippen LogP) is 2.87. The van der Waals surface area contributed by atoms with Crippen molar-refractivity contribution in [3.8, 4) is 11.8 Å². The van der Waals surface area contributed by atoms with Crippen molar-refractivity contribution in [2.24, 2.45) is 0 Å². The molecule has 3 nitrogen and oxygen atoms in total. The molecule has 7 heteroatoms. The van der Waals surface area contributed by atoms with Gasteiger partial charge in [0.2, 0.25) is 0 Å². The van der Waals surface area contributed by atoms with Gasteiger partial charge in [-0.1, -0.05) is 23.4 Å². The van der Waals surface area contributed by atoms with E-state index in [1.165, 1.54) is 36.4 Å². The SMILES string of the molecule is O=S(=O)(NCC#Cc1ccc(F)cc1)c1ccc(Cl)s1. The van der Waals surface area contributed by atoms with Crippen LogP contribution in [0.25, 0.3) is 0 Å². The number of nitrogens with one attached hydrogen (secondary N) is 1. The molecule has 0 aliphatic rings. The highest BCUT2D eigenvalue weighted by Crippen LogP contribution is 2.25. The summed E-state index contributed by atoms with van der Waals surface area (Å²) in [6.45, 7) is -0.0325. The minimum absolute atomic E-state index is 0.0325. The van der Waals surface area contributed by atoms with E-state index >= 15 is 0 Å². The van der Waals surface area contributed by atoms with Crippen LogP contribution >= 0.6 is 22.9 Å². The summed E-state index contributed by atoms with van der Waals surface area (Å²) in [6.07, 6.45) is 0. The molecule has 0 amide bonds. The summed E-state index contributed by atoms with van der Waals surface area (Å²) in [6, 6.07) is 8.59. The number of rotatable bonds is 3. The Kier molecular flexibility index (Phi) is 4.78. The molecular formula is C13H9ClFNO2S2. The summed E-state index contributed by atoms with van der Waals surface area (Å²) < 4.78 is 39.2. The maximum atomic E-state index is 12.7. The smallest absolute Gasteiger partial charge is 0.207 e. The van der Waals surface area contributed by atoms with E-state index in [2.05, 4.69) is 16.6 Å². The fraction of sp³-hybridized carbons (Fsp3) is 0.0769. The van der Waals surface area contributed by atoms with Gasteiger partial charge in [-0.25, -0.2) is 12.8 Å². The van der Waals surface area contributed by atoms with Crippen LogP contribution in [0.15, 0.2) is 40.6 Å². The molecule has 1 N–H and O–H groups in total. The quantitative estimate of drug-likeness (QED) is 0.880. The second-order valence-electron chi connectivity index (χ2n) is 3.69. The van der Waals surface area contributed by atoms with Gasteiger partial charge in [0.25, 0.3) is 10.0 Å². The Morgan fingerprint density at radius 3 is 2.50 bits per heavy atom. The fourth-order valence-corrected chi connectivity index (χ4v) is 3.77. The van der Waals surface area contributed by atoms with Crippen molar-refractivity contribution in [2.75, 3.05) is 6.54 Å². The van der Waals surface area contributed by atoms with Gasteiger partial charge < -0.3 is 0 Å². The van der Waals surface area contributed by atoms with Gasteiger partial charge in [-0.05, 0) is 36.4 Å². The van der Waals surface area contributed by atoms with Crippen LogP contribution in [-0.4, -0.2) is 15.0 Å². The van der Waals surface area contributed by atoms with Crippen LogP contribution in [0.5, 0.6) is 0 Å². The van der Waals surface area contributed by atoms with Crippen LogP contribution in [-0.2, 0) is 10.0 Å². The van der Waals surface area contributed by atoms with E-state index < -0.39 is 10.0 Å². The zero-order valence-corrected chi connectivity index (χ0v) is 12.4. The molecule has 0 spiro atoms. The fourth-order valence-electron chi connectivity index (χ4n) is 1.32. The van der Waals surface area contributed by atoms with Crippen molar-refractivity contribution >= 4 is 33.0 Å². The van der Waals surface area contributed by atoms with Gasteiger partial charge in [-0.2, -0.15) is 4.72 Å².